The van der Waals surface area contributed by atoms with E-state index < -0.39 is 0 Å². The second kappa shape index (κ2) is 7.99. The Morgan fingerprint density at radius 1 is 1.35 bits per heavy atom. The molecule has 6 heteroatoms. The summed E-state index contributed by atoms with van der Waals surface area (Å²) < 4.78 is 0. The van der Waals surface area contributed by atoms with Gasteiger partial charge in [0.1, 0.15) is 5.82 Å². The Bertz CT molecular complexity index is 749. The predicted octanol–water partition coefficient (Wildman–Crippen LogP) is 3.40. The third-order valence-corrected chi connectivity index (χ3v) is 5.10. The number of amides is 1. The number of nitrogens with zero attached hydrogens (tertiary/aromatic N) is 3. The predicted molar refractivity (Wildman–Crippen MR) is 103 cm³/mol. The minimum atomic E-state index is -0.0890. The lowest BCUT2D eigenvalue weighted by Crippen LogP contribution is -2.38. The van der Waals surface area contributed by atoms with Crippen LogP contribution in [-0.2, 0) is 11.2 Å². The zero-order valence-electron chi connectivity index (χ0n) is 16.2. The summed E-state index contributed by atoms with van der Waals surface area (Å²) in [4.78, 5) is 18.2. The molecule has 0 aliphatic carbocycles. The lowest BCUT2D eigenvalue weighted by molar-refractivity contribution is -0.114. The quantitative estimate of drug-likeness (QED) is 0.862. The van der Waals surface area contributed by atoms with Gasteiger partial charge in [-0.1, -0.05) is 0 Å². The summed E-state index contributed by atoms with van der Waals surface area (Å²) in [5.74, 6) is 1.23. The number of pyridine rings is 1. The Balaban J connectivity index is 1.63. The Labute approximate surface area is 155 Å². The molecule has 1 aliphatic heterocycles. The number of hydrogen-bond donors (Lipinski definition) is 2. The SMILES string of the molecule is CC(=O)Nc1cc(C(C)N2CCC[C@H](Cc3cc(C)nc(C)c3)C2)n[nH]1. The highest BCUT2D eigenvalue weighted by Crippen LogP contribution is 2.28. The molecule has 2 atom stereocenters. The average Bonchev–Trinajstić information content (AvgIpc) is 3.01. The molecule has 0 saturated carbocycles. The molecule has 0 aromatic carbocycles. The van der Waals surface area contributed by atoms with Crippen LogP contribution in [0.5, 0.6) is 0 Å². The molecule has 3 rings (SSSR count). The number of aromatic amines is 1. The molecule has 1 aliphatic rings. The maximum Gasteiger partial charge on any atom is 0.222 e. The summed E-state index contributed by atoms with van der Waals surface area (Å²) >= 11 is 0. The zero-order valence-corrected chi connectivity index (χ0v) is 16.2. The van der Waals surface area contributed by atoms with Crippen LogP contribution in [-0.4, -0.2) is 39.1 Å². The van der Waals surface area contributed by atoms with Crippen LogP contribution in [0.4, 0.5) is 5.82 Å². The van der Waals surface area contributed by atoms with E-state index in [1.807, 2.05) is 6.07 Å². The van der Waals surface area contributed by atoms with E-state index in [9.17, 15) is 4.79 Å². The van der Waals surface area contributed by atoms with Gasteiger partial charge in [0.25, 0.3) is 0 Å². The van der Waals surface area contributed by atoms with Crippen molar-refractivity contribution in [2.24, 2.45) is 5.92 Å². The molecule has 1 fully saturated rings. The van der Waals surface area contributed by atoms with Crippen molar-refractivity contribution in [1.82, 2.24) is 20.1 Å². The maximum absolute atomic E-state index is 11.2. The van der Waals surface area contributed by atoms with Crippen LogP contribution in [0.25, 0.3) is 0 Å². The van der Waals surface area contributed by atoms with Gasteiger partial charge in [0, 0.05) is 30.9 Å². The van der Waals surface area contributed by atoms with Crippen molar-refractivity contribution >= 4 is 11.7 Å². The Morgan fingerprint density at radius 2 is 2.08 bits per heavy atom. The molecular weight excluding hydrogens is 326 g/mol. The van der Waals surface area contributed by atoms with Crippen LogP contribution in [0.1, 0.15) is 55.4 Å². The van der Waals surface area contributed by atoms with Gasteiger partial charge < -0.3 is 5.32 Å². The molecule has 0 spiro atoms. The van der Waals surface area contributed by atoms with E-state index in [2.05, 4.69) is 58.3 Å². The first-order valence-corrected chi connectivity index (χ1v) is 9.42. The van der Waals surface area contributed by atoms with E-state index in [1.165, 1.54) is 25.3 Å². The molecule has 1 unspecified atom stereocenters. The smallest absolute Gasteiger partial charge is 0.222 e. The van der Waals surface area contributed by atoms with E-state index in [-0.39, 0.29) is 11.9 Å². The third-order valence-electron chi connectivity index (χ3n) is 5.10. The molecule has 1 amide bonds. The molecular formula is C20H29N5O. The van der Waals surface area contributed by atoms with E-state index in [4.69, 9.17) is 0 Å². The fourth-order valence-electron chi connectivity index (χ4n) is 3.98. The minimum Gasteiger partial charge on any atom is -0.311 e. The fourth-order valence-corrected chi connectivity index (χ4v) is 3.98. The van der Waals surface area contributed by atoms with Crippen LogP contribution in [0.15, 0.2) is 18.2 Å². The summed E-state index contributed by atoms with van der Waals surface area (Å²) in [7, 11) is 0. The summed E-state index contributed by atoms with van der Waals surface area (Å²) in [5.41, 5.74) is 4.57. The lowest BCUT2D eigenvalue weighted by Gasteiger charge is -2.36. The molecule has 2 aromatic heterocycles. The van der Waals surface area contributed by atoms with E-state index in [1.54, 1.807) is 0 Å². The molecule has 1 saturated heterocycles. The molecule has 3 heterocycles. The van der Waals surface area contributed by atoms with Crippen molar-refractivity contribution in [3.05, 3.63) is 40.8 Å². The van der Waals surface area contributed by atoms with Crippen LogP contribution in [0.2, 0.25) is 0 Å². The largest absolute Gasteiger partial charge is 0.311 e. The van der Waals surface area contributed by atoms with Crippen molar-refractivity contribution in [3.8, 4) is 0 Å². The molecule has 2 aromatic rings. The van der Waals surface area contributed by atoms with E-state index >= 15 is 0 Å². The number of aryl methyl sites for hydroxylation is 2. The van der Waals surface area contributed by atoms with Crippen molar-refractivity contribution in [2.45, 2.75) is 53.0 Å². The molecule has 2 N–H and O–H groups in total. The van der Waals surface area contributed by atoms with Gasteiger partial charge in [-0.3, -0.25) is 19.8 Å². The number of piperidine rings is 1. The average molecular weight is 355 g/mol. The Hall–Kier alpha value is -2.21. The number of carbonyl (C=O) groups excluding carboxylic acids is 1. The minimum absolute atomic E-state index is 0.0890. The van der Waals surface area contributed by atoms with Gasteiger partial charge in [-0.15, -0.1) is 0 Å². The number of H-pyrrole nitrogens is 1. The summed E-state index contributed by atoms with van der Waals surface area (Å²) in [6.07, 6.45) is 3.58. The van der Waals surface area contributed by atoms with Gasteiger partial charge in [-0.2, -0.15) is 5.10 Å². The van der Waals surface area contributed by atoms with Crippen LogP contribution in [0, 0.1) is 19.8 Å². The van der Waals surface area contributed by atoms with Crippen molar-refractivity contribution in [2.75, 3.05) is 18.4 Å². The van der Waals surface area contributed by atoms with E-state index in [0.717, 1.165) is 36.6 Å². The number of likely N-dealkylation sites (tertiary alicyclic amines) is 1. The number of hydrogen-bond acceptors (Lipinski definition) is 4. The maximum atomic E-state index is 11.2. The van der Waals surface area contributed by atoms with Gasteiger partial charge >= 0.3 is 0 Å². The Morgan fingerprint density at radius 3 is 2.77 bits per heavy atom. The molecule has 6 nitrogen and oxygen atoms in total. The second-order valence-corrected chi connectivity index (χ2v) is 7.53. The normalized spacial score (nSPS) is 19.3. The van der Waals surface area contributed by atoms with Crippen LogP contribution in [0.3, 0.4) is 0 Å². The molecule has 0 bridgehead atoms. The van der Waals surface area contributed by atoms with Gasteiger partial charge in [-0.05, 0) is 70.2 Å². The Kier molecular flexibility index (Phi) is 5.71. The monoisotopic (exact) mass is 355 g/mol. The van der Waals surface area contributed by atoms with Crippen molar-refractivity contribution in [1.29, 1.82) is 0 Å². The summed E-state index contributed by atoms with van der Waals surface area (Å²) in [6, 6.07) is 6.59. The van der Waals surface area contributed by atoms with Crippen LogP contribution >= 0.6 is 0 Å². The van der Waals surface area contributed by atoms with Gasteiger partial charge in [0.05, 0.1) is 11.7 Å². The number of nitrogens with one attached hydrogen (secondary N) is 2. The number of carbonyl (C=O) groups is 1. The zero-order chi connectivity index (χ0) is 18.7. The highest BCUT2D eigenvalue weighted by molar-refractivity contribution is 5.87. The number of aromatic nitrogens is 3. The first-order valence-electron chi connectivity index (χ1n) is 9.42. The molecule has 140 valence electrons. The van der Waals surface area contributed by atoms with Gasteiger partial charge in [0.2, 0.25) is 5.91 Å². The summed E-state index contributed by atoms with van der Waals surface area (Å²) in [5, 5.41) is 10.0. The fraction of sp³-hybridized carbons (Fsp3) is 0.550. The van der Waals surface area contributed by atoms with Gasteiger partial charge in [0.15, 0.2) is 0 Å². The van der Waals surface area contributed by atoms with Gasteiger partial charge in [-0.25, -0.2) is 0 Å². The number of anilines is 1. The highest BCUT2D eigenvalue weighted by atomic mass is 16.1. The topological polar surface area (TPSA) is 73.9 Å². The molecule has 26 heavy (non-hydrogen) atoms. The van der Waals surface area contributed by atoms with Crippen molar-refractivity contribution < 1.29 is 4.79 Å². The first kappa shape index (κ1) is 18.6. The first-order chi connectivity index (χ1) is 12.4. The standard InChI is InChI=1S/C20H29N5O/c1-13-8-18(9-14(2)21-13)10-17-6-5-7-25(12-17)15(3)19-11-20(24-23-19)22-16(4)26/h8-9,11,15,17H,5-7,10,12H2,1-4H3,(H2,22,23,24,26)/t15?,17-/m1/s1. The van der Waals surface area contributed by atoms with E-state index in [0.29, 0.717) is 11.7 Å². The van der Waals surface area contributed by atoms with Crippen LogP contribution < -0.4 is 5.32 Å². The summed E-state index contributed by atoms with van der Waals surface area (Å²) in [6.45, 7) is 9.99. The third kappa shape index (κ3) is 4.69. The highest BCUT2D eigenvalue weighted by Gasteiger charge is 2.26. The van der Waals surface area contributed by atoms with Crippen molar-refractivity contribution in [3.63, 3.8) is 0 Å². The molecule has 0 radical (unpaired) electrons. The second-order valence-electron chi connectivity index (χ2n) is 7.53. The number of rotatable bonds is 5. The lowest BCUT2D eigenvalue weighted by atomic mass is 9.90.